The monoisotopic (exact) mass is 234 g/mol. The van der Waals surface area contributed by atoms with Gasteiger partial charge in [0.05, 0.1) is 11.3 Å². The fraction of sp³-hybridized carbons (Fsp3) is 0.462. The molecule has 0 radical (unpaired) electrons. The number of para-hydroxylation sites is 1. The number of carbonyl (C=O) groups is 1. The maximum Gasteiger partial charge on any atom is 0.257 e. The molecular formula is C13H18N2O2. The van der Waals surface area contributed by atoms with Crippen LogP contribution in [0.3, 0.4) is 0 Å². The third-order valence-electron chi connectivity index (χ3n) is 3.41. The first kappa shape index (κ1) is 11.8. The van der Waals surface area contributed by atoms with Crippen LogP contribution < -0.4 is 5.73 Å². The van der Waals surface area contributed by atoms with Crippen LogP contribution in [0.25, 0.3) is 0 Å². The summed E-state index contributed by atoms with van der Waals surface area (Å²) in [7, 11) is 0. The van der Waals surface area contributed by atoms with Crippen LogP contribution in [-0.4, -0.2) is 28.5 Å². The van der Waals surface area contributed by atoms with Crippen LogP contribution in [0.15, 0.2) is 18.2 Å². The SMILES string of the molecule is CCC1CCCN1C(=O)c1cccc(N)c1O. The van der Waals surface area contributed by atoms with Crippen LogP contribution in [-0.2, 0) is 0 Å². The molecule has 3 N–H and O–H groups in total. The molecule has 1 aromatic rings. The van der Waals surface area contributed by atoms with Crippen molar-refractivity contribution in [3.63, 3.8) is 0 Å². The highest BCUT2D eigenvalue weighted by atomic mass is 16.3. The summed E-state index contributed by atoms with van der Waals surface area (Å²) in [6, 6.07) is 5.20. The number of benzene rings is 1. The number of aromatic hydroxyl groups is 1. The molecule has 0 bridgehead atoms. The van der Waals surface area contributed by atoms with Crippen molar-refractivity contribution in [1.82, 2.24) is 4.90 Å². The maximum atomic E-state index is 12.3. The molecule has 1 atom stereocenters. The van der Waals surface area contributed by atoms with Crippen LogP contribution >= 0.6 is 0 Å². The van der Waals surface area contributed by atoms with Gasteiger partial charge in [0.2, 0.25) is 0 Å². The van der Waals surface area contributed by atoms with Gasteiger partial charge in [0.1, 0.15) is 0 Å². The van der Waals surface area contributed by atoms with Gasteiger partial charge >= 0.3 is 0 Å². The van der Waals surface area contributed by atoms with Gasteiger partial charge in [-0.2, -0.15) is 0 Å². The first-order chi connectivity index (χ1) is 8.15. The number of amides is 1. The number of likely N-dealkylation sites (tertiary alicyclic amines) is 1. The lowest BCUT2D eigenvalue weighted by molar-refractivity contribution is 0.0731. The Morgan fingerprint density at radius 1 is 1.59 bits per heavy atom. The van der Waals surface area contributed by atoms with Gasteiger partial charge in [-0.1, -0.05) is 13.0 Å². The van der Waals surface area contributed by atoms with E-state index in [1.807, 2.05) is 4.90 Å². The molecule has 1 amide bonds. The summed E-state index contributed by atoms with van der Waals surface area (Å²) in [4.78, 5) is 14.1. The number of hydrogen-bond donors (Lipinski definition) is 2. The summed E-state index contributed by atoms with van der Waals surface area (Å²) in [5.74, 6) is -0.210. The second kappa shape index (κ2) is 4.65. The minimum atomic E-state index is -0.112. The van der Waals surface area contributed by atoms with Crippen molar-refractivity contribution < 1.29 is 9.90 Å². The third kappa shape index (κ3) is 2.07. The molecular weight excluding hydrogens is 216 g/mol. The van der Waals surface area contributed by atoms with Crippen molar-refractivity contribution in [2.45, 2.75) is 32.2 Å². The number of carbonyl (C=O) groups excluding carboxylic acids is 1. The second-order valence-corrected chi connectivity index (χ2v) is 4.45. The van der Waals surface area contributed by atoms with Crippen LogP contribution in [0.4, 0.5) is 5.69 Å². The number of nitrogens with zero attached hydrogens (tertiary/aromatic N) is 1. The van der Waals surface area contributed by atoms with Gasteiger partial charge in [-0.15, -0.1) is 0 Å². The Morgan fingerprint density at radius 3 is 3.06 bits per heavy atom. The van der Waals surface area contributed by atoms with E-state index in [4.69, 9.17) is 5.73 Å². The first-order valence-corrected chi connectivity index (χ1v) is 6.03. The molecule has 17 heavy (non-hydrogen) atoms. The number of nitrogens with two attached hydrogens (primary N) is 1. The van der Waals surface area contributed by atoms with E-state index in [2.05, 4.69) is 6.92 Å². The van der Waals surface area contributed by atoms with E-state index in [0.29, 0.717) is 11.6 Å². The molecule has 1 aliphatic heterocycles. The number of hydrogen-bond acceptors (Lipinski definition) is 3. The molecule has 0 aromatic heterocycles. The fourth-order valence-corrected chi connectivity index (χ4v) is 2.42. The summed E-state index contributed by atoms with van der Waals surface area (Å²) in [6.45, 7) is 2.85. The fourth-order valence-electron chi connectivity index (χ4n) is 2.42. The van der Waals surface area contributed by atoms with Crippen molar-refractivity contribution in [2.75, 3.05) is 12.3 Å². The topological polar surface area (TPSA) is 66.6 Å². The van der Waals surface area contributed by atoms with Crippen LogP contribution in [0.1, 0.15) is 36.5 Å². The average Bonchev–Trinajstić information content (AvgIpc) is 2.80. The largest absolute Gasteiger partial charge is 0.505 e. The van der Waals surface area contributed by atoms with E-state index in [-0.39, 0.29) is 17.3 Å². The van der Waals surface area contributed by atoms with E-state index in [9.17, 15) is 9.90 Å². The summed E-state index contributed by atoms with van der Waals surface area (Å²) >= 11 is 0. The van der Waals surface area contributed by atoms with Gasteiger partial charge in [0.25, 0.3) is 5.91 Å². The molecule has 2 rings (SSSR count). The van der Waals surface area contributed by atoms with Gasteiger partial charge in [-0.3, -0.25) is 4.79 Å². The molecule has 1 unspecified atom stereocenters. The van der Waals surface area contributed by atoms with Crippen LogP contribution in [0.5, 0.6) is 5.75 Å². The Morgan fingerprint density at radius 2 is 2.35 bits per heavy atom. The van der Waals surface area contributed by atoms with Gasteiger partial charge in [-0.05, 0) is 31.4 Å². The Kier molecular flexibility index (Phi) is 3.22. The van der Waals surface area contributed by atoms with Crippen molar-refractivity contribution in [3.05, 3.63) is 23.8 Å². The lowest BCUT2D eigenvalue weighted by Gasteiger charge is -2.24. The molecule has 4 nitrogen and oxygen atoms in total. The Hall–Kier alpha value is -1.71. The smallest absolute Gasteiger partial charge is 0.257 e. The Bertz CT molecular complexity index is 431. The number of phenols is 1. The lowest BCUT2D eigenvalue weighted by atomic mass is 10.1. The predicted molar refractivity (Wildman–Crippen MR) is 66.9 cm³/mol. The first-order valence-electron chi connectivity index (χ1n) is 6.03. The van der Waals surface area contributed by atoms with Crippen molar-refractivity contribution in [3.8, 4) is 5.75 Å². The van der Waals surface area contributed by atoms with Crippen molar-refractivity contribution in [1.29, 1.82) is 0 Å². The minimum Gasteiger partial charge on any atom is -0.505 e. The van der Waals surface area contributed by atoms with Gasteiger partial charge < -0.3 is 15.7 Å². The zero-order chi connectivity index (χ0) is 12.4. The second-order valence-electron chi connectivity index (χ2n) is 4.45. The molecule has 92 valence electrons. The zero-order valence-electron chi connectivity index (χ0n) is 10.0. The van der Waals surface area contributed by atoms with E-state index in [1.165, 1.54) is 0 Å². The maximum absolute atomic E-state index is 12.3. The van der Waals surface area contributed by atoms with Crippen molar-refractivity contribution >= 4 is 11.6 Å². The van der Waals surface area contributed by atoms with E-state index in [0.717, 1.165) is 25.8 Å². The summed E-state index contributed by atoms with van der Waals surface area (Å²) in [6.07, 6.45) is 3.04. The molecule has 1 heterocycles. The molecule has 1 fully saturated rings. The van der Waals surface area contributed by atoms with Gasteiger partial charge in [-0.25, -0.2) is 0 Å². The molecule has 0 saturated carbocycles. The summed E-state index contributed by atoms with van der Waals surface area (Å²) in [5, 5.41) is 9.81. The predicted octanol–water partition coefficient (Wildman–Crippen LogP) is 1.99. The Labute approximate surface area is 101 Å². The molecule has 1 saturated heterocycles. The highest BCUT2D eigenvalue weighted by molar-refractivity contribution is 5.98. The molecule has 1 aromatic carbocycles. The van der Waals surface area contributed by atoms with Gasteiger partial charge in [0.15, 0.2) is 5.75 Å². The van der Waals surface area contributed by atoms with E-state index >= 15 is 0 Å². The third-order valence-corrected chi connectivity index (χ3v) is 3.41. The van der Waals surface area contributed by atoms with Gasteiger partial charge in [0, 0.05) is 12.6 Å². The Balaban J connectivity index is 2.28. The van der Waals surface area contributed by atoms with Crippen molar-refractivity contribution in [2.24, 2.45) is 0 Å². The standard InChI is InChI=1S/C13H18N2O2/c1-2-9-5-4-8-15(9)13(17)10-6-3-7-11(14)12(10)16/h3,6-7,9,16H,2,4-5,8,14H2,1H3. The molecule has 0 aliphatic carbocycles. The van der Waals surface area contributed by atoms with Crippen LogP contribution in [0, 0.1) is 0 Å². The highest BCUT2D eigenvalue weighted by Crippen LogP contribution is 2.29. The number of phenolic OH excluding ortho intramolecular Hbond substituents is 1. The highest BCUT2D eigenvalue weighted by Gasteiger charge is 2.29. The van der Waals surface area contributed by atoms with E-state index in [1.54, 1.807) is 18.2 Å². The minimum absolute atomic E-state index is 0.0979. The summed E-state index contributed by atoms with van der Waals surface area (Å²) < 4.78 is 0. The number of rotatable bonds is 2. The quantitative estimate of drug-likeness (QED) is 0.607. The molecule has 4 heteroatoms. The zero-order valence-corrected chi connectivity index (χ0v) is 10.0. The molecule has 1 aliphatic rings. The number of nitrogen functional groups attached to an aromatic ring is 1. The molecule has 0 spiro atoms. The van der Waals surface area contributed by atoms with E-state index < -0.39 is 0 Å². The average molecular weight is 234 g/mol. The lowest BCUT2D eigenvalue weighted by Crippen LogP contribution is -2.35. The summed E-state index contributed by atoms with van der Waals surface area (Å²) in [5.41, 5.74) is 6.17. The normalized spacial score (nSPS) is 19.6. The van der Waals surface area contributed by atoms with Crippen LogP contribution in [0.2, 0.25) is 0 Å². The number of anilines is 1.